The van der Waals surface area contributed by atoms with E-state index in [9.17, 15) is 0 Å². The van der Waals surface area contributed by atoms with Crippen LogP contribution in [0.4, 0.5) is 0 Å². The molecular formula is C18H44N4P2. The first kappa shape index (κ1) is 24.5. The molecule has 0 aromatic heterocycles. The molecular weight excluding hydrogens is 334 g/mol. The minimum absolute atomic E-state index is 1.15. The van der Waals surface area contributed by atoms with E-state index in [0.717, 1.165) is 39.3 Å². The molecule has 0 radical (unpaired) electrons. The fourth-order valence-electron chi connectivity index (χ4n) is 3.44. The van der Waals surface area contributed by atoms with Crippen LogP contribution in [-0.4, -0.2) is 53.3 Å². The second-order valence-corrected chi connectivity index (χ2v) is 10.2. The molecule has 4 nitrogen and oxygen atoms in total. The summed E-state index contributed by atoms with van der Waals surface area (Å²) in [6.07, 6.45) is 7.17. The summed E-state index contributed by atoms with van der Waals surface area (Å²) in [6.45, 7) is 20.7. The highest BCUT2D eigenvalue weighted by molar-refractivity contribution is 7.62. The molecule has 0 saturated carbocycles. The zero-order chi connectivity index (χ0) is 18.4. The Morgan fingerprint density at radius 3 is 0.875 bits per heavy atom. The molecule has 0 N–H and O–H groups in total. The largest absolute Gasteiger partial charge is 0.246 e. The van der Waals surface area contributed by atoms with Crippen LogP contribution < -0.4 is 0 Å². The standard InChI is InChI=1S/C18H44N4P2/c1-7-13-20(14-8-2)24(19-23,21(15-9-3)16-10-4)22(17-11-5)18-12-6/h7-18,23H2,1-6H3. The third kappa shape index (κ3) is 6.69. The van der Waals surface area contributed by atoms with Crippen molar-refractivity contribution in [3.8, 4) is 0 Å². The van der Waals surface area contributed by atoms with E-state index in [1.807, 2.05) is 0 Å². The molecule has 0 aliphatic carbocycles. The van der Waals surface area contributed by atoms with Crippen molar-refractivity contribution in [1.29, 1.82) is 0 Å². The lowest BCUT2D eigenvalue weighted by molar-refractivity contribution is 0.304. The van der Waals surface area contributed by atoms with Gasteiger partial charge in [0.15, 0.2) is 7.51 Å². The number of rotatable bonds is 15. The quantitative estimate of drug-likeness (QED) is 0.322. The molecule has 0 aromatic rings. The summed E-state index contributed by atoms with van der Waals surface area (Å²) in [5.41, 5.74) is 0. The summed E-state index contributed by atoms with van der Waals surface area (Å²) in [6, 6.07) is 0. The Bertz CT molecular complexity index is 284. The SMILES string of the molecule is CCCN(CCC)P(=NP)(N(CCC)CCC)N(CCC)CCC. The van der Waals surface area contributed by atoms with Gasteiger partial charge in [0.2, 0.25) is 0 Å². The van der Waals surface area contributed by atoms with E-state index in [2.05, 4.69) is 64.9 Å². The van der Waals surface area contributed by atoms with Crippen LogP contribution in [0.5, 0.6) is 0 Å². The molecule has 0 aliphatic rings. The smallest absolute Gasteiger partial charge is 0.170 e. The van der Waals surface area contributed by atoms with E-state index >= 15 is 0 Å². The summed E-state index contributed by atoms with van der Waals surface area (Å²) < 4.78 is 13.3. The Kier molecular flexibility index (Phi) is 15.0. The molecule has 0 rings (SSSR count). The van der Waals surface area contributed by atoms with Gasteiger partial charge in [-0.1, -0.05) is 41.5 Å². The van der Waals surface area contributed by atoms with Crippen molar-refractivity contribution in [2.24, 2.45) is 4.52 Å². The van der Waals surface area contributed by atoms with Crippen molar-refractivity contribution >= 4 is 16.9 Å². The maximum Gasteiger partial charge on any atom is 0.170 e. The lowest BCUT2D eigenvalue weighted by Gasteiger charge is -2.49. The van der Waals surface area contributed by atoms with Crippen LogP contribution in [0.25, 0.3) is 0 Å². The van der Waals surface area contributed by atoms with Gasteiger partial charge in [-0.25, -0.2) is 18.5 Å². The van der Waals surface area contributed by atoms with E-state index in [-0.39, 0.29) is 0 Å². The highest BCUT2D eigenvalue weighted by Gasteiger charge is 2.37. The first-order chi connectivity index (χ1) is 11.6. The van der Waals surface area contributed by atoms with Crippen molar-refractivity contribution in [3.63, 3.8) is 0 Å². The van der Waals surface area contributed by atoms with Gasteiger partial charge in [0, 0.05) is 39.3 Å². The van der Waals surface area contributed by atoms with Gasteiger partial charge in [-0.2, -0.15) is 0 Å². The van der Waals surface area contributed by atoms with Crippen LogP contribution in [-0.2, 0) is 0 Å². The van der Waals surface area contributed by atoms with E-state index in [1.54, 1.807) is 0 Å². The third-order valence-electron chi connectivity index (χ3n) is 4.18. The zero-order valence-corrected chi connectivity index (χ0v) is 19.3. The van der Waals surface area contributed by atoms with Crippen LogP contribution >= 0.6 is 16.9 Å². The molecule has 0 aromatic carbocycles. The average Bonchev–Trinajstić information content (AvgIpc) is 2.57. The molecule has 0 heterocycles. The zero-order valence-electron chi connectivity index (χ0n) is 17.3. The molecule has 1 atom stereocenters. The Morgan fingerprint density at radius 2 is 0.750 bits per heavy atom. The van der Waals surface area contributed by atoms with Crippen molar-refractivity contribution in [3.05, 3.63) is 0 Å². The van der Waals surface area contributed by atoms with E-state index in [4.69, 9.17) is 4.52 Å². The number of nitrogens with zero attached hydrogens (tertiary/aromatic N) is 4. The van der Waals surface area contributed by atoms with Gasteiger partial charge in [-0.3, -0.25) is 0 Å². The first-order valence-corrected chi connectivity index (χ1v) is 12.3. The van der Waals surface area contributed by atoms with Crippen LogP contribution in [0.3, 0.4) is 0 Å². The minimum atomic E-state index is -1.82. The van der Waals surface area contributed by atoms with Gasteiger partial charge < -0.3 is 0 Å². The van der Waals surface area contributed by atoms with Crippen LogP contribution in [0.1, 0.15) is 80.1 Å². The highest BCUT2D eigenvalue weighted by Crippen LogP contribution is 2.61. The second-order valence-electron chi connectivity index (χ2n) is 6.51. The summed E-state index contributed by atoms with van der Waals surface area (Å²) in [5, 5.41) is 0. The molecule has 0 bridgehead atoms. The second kappa shape index (κ2) is 14.7. The lowest BCUT2D eigenvalue weighted by atomic mass is 10.4. The van der Waals surface area contributed by atoms with Crippen LogP contribution in [0.15, 0.2) is 4.52 Å². The fourth-order valence-corrected chi connectivity index (χ4v) is 9.08. The Balaban J connectivity index is 6.12. The Labute approximate surface area is 155 Å². The van der Waals surface area contributed by atoms with Gasteiger partial charge in [-0.05, 0) is 47.9 Å². The molecule has 1 unspecified atom stereocenters. The molecule has 0 fully saturated rings. The fraction of sp³-hybridized carbons (Fsp3) is 1.00. The molecule has 6 heteroatoms. The van der Waals surface area contributed by atoms with Crippen molar-refractivity contribution < 1.29 is 0 Å². The van der Waals surface area contributed by atoms with Crippen molar-refractivity contribution in [1.82, 2.24) is 14.0 Å². The van der Waals surface area contributed by atoms with Gasteiger partial charge >= 0.3 is 0 Å². The number of hydrogen-bond acceptors (Lipinski definition) is 1. The molecule has 24 heavy (non-hydrogen) atoms. The van der Waals surface area contributed by atoms with Gasteiger partial charge in [0.05, 0.1) is 0 Å². The van der Waals surface area contributed by atoms with E-state index in [1.165, 1.54) is 38.5 Å². The predicted molar refractivity (Wildman–Crippen MR) is 116 cm³/mol. The molecule has 0 saturated heterocycles. The summed E-state index contributed by atoms with van der Waals surface area (Å²) >= 11 is 0. The van der Waals surface area contributed by atoms with E-state index in [0.29, 0.717) is 0 Å². The normalized spacial score (nSPS) is 12.6. The number of hydrogen-bond donors (Lipinski definition) is 0. The minimum Gasteiger partial charge on any atom is -0.246 e. The monoisotopic (exact) mass is 378 g/mol. The third-order valence-corrected chi connectivity index (χ3v) is 8.90. The van der Waals surface area contributed by atoms with Gasteiger partial charge in [0.25, 0.3) is 0 Å². The molecule has 146 valence electrons. The van der Waals surface area contributed by atoms with Crippen LogP contribution in [0.2, 0.25) is 0 Å². The summed E-state index contributed by atoms with van der Waals surface area (Å²) in [5.74, 6) is 0. The maximum absolute atomic E-state index is 5.14. The predicted octanol–water partition coefficient (Wildman–Crippen LogP) is 6.09. The highest BCUT2D eigenvalue weighted by atomic mass is 31.2. The Morgan fingerprint density at radius 1 is 0.542 bits per heavy atom. The van der Waals surface area contributed by atoms with Gasteiger partial charge in [-0.15, -0.1) is 0 Å². The van der Waals surface area contributed by atoms with Gasteiger partial charge in [0.1, 0.15) is 0 Å². The molecule has 0 aliphatic heterocycles. The lowest BCUT2D eigenvalue weighted by Crippen LogP contribution is -2.43. The summed E-state index contributed by atoms with van der Waals surface area (Å²) in [7, 11) is 0.960. The Hall–Kier alpha value is 0.540. The molecule has 0 spiro atoms. The summed E-state index contributed by atoms with van der Waals surface area (Å²) in [4.78, 5) is 0. The van der Waals surface area contributed by atoms with Crippen molar-refractivity contribution in [2.75, 3.05) is 39.3 Å². The maximum atomic E-state index is 5.14. The topological polar surface area (TPSA) is 22.1 Å². The van der Waals surface area contributed by atoms with E-state index < -0.39 is 7.51 Å². The van der Waals surface area contributed by atoms with Crippen molar-refractivity contribution in [2.45, 2.75) is 80.1 Å². The average molecular weight is 379 g/mol. The molecule has 0 amide bonds. The van der Waals surface area contributed by atoms with Crippen LogP contribution in [0, 0.1) is 0 Å². The first-order valence-electron chi connectivity index (χ1n) is 10.2.